The predicted octanol–water partition coefficient (Wildman–Crippen LogP) is 3.23. The molecule has 0 unspecified atom stereocenters. The highest BCUT2D eigenvalue weighted by Gasteiger charge is 2.07. The lowest BCUT2D eigenvalue weighted by Crippen LogP contribution is -2.07. The van der Waals surface area contributed by atoms with Crippen molar-refractivity contribution in [3.05, 3.63) is 35.4 Å². The van der Waals surface area contributed by atoms with E-state index in [4.69, 9.17) is 22.2 Å². The number of ether oxygens (including phenoxy) is 1. The molecule has 17 heavy (non-hydrogen) atoms. The van der Waals surface area contributed by atoms with Gasteiger partial charge in [-0.2, -0.15) is 0 Å². The van der Waals surface area contributed by atoms with Crippen molar-refractivity contribution in [2.24, 2.45) is 5.16 Å². The first-order valence-electron chi connectivity index (χ1n) is 5.25. The third-order valence-electron chi connectivity index (χ3n) is 2.09. The number of hydrogen-bond acceptors (Lipinski definition) is 5. The SMILES string of the molecule is CCOC(=S)SC/C(=N/O)c1ccc(C)cc1. The van der Waals surface area contributed by atoms with E-state index in [1.807, 2.05) is 38.1 Å². The molecule has 5 heteroatoms. The molecule has 0 aliphatic rings. The quantitative estimate of drug-likeness (QED) is 0.394. The van der Waals surface area contributed by atoms with Gasteiger partial charge in [0.2, 0.25) is 4.38 Å². The molecular weight excluding hydrogens is 254 g/mol. The zero-order valence-corrected chi connectivity index (χ0v) is 11.5. The molecule has 0 saturated carbocycles. The second kappa shape index (κ2) is 7.29. The first-order chi connectivity index (χ1) is 8.17. The van der Waals surface area contributed by atoms with E-state index in [1.165, 1.54) is 17.3 Å². The summed E-state index contributed by atoms with van der Waals surface area (Å²) in [6, 6.07) is 7.81. The molecular formula is C12H15NO2S2. The Balaban J connectivity index is 2.61. The third-order valence-corrected chi connectivity index (χ3v) is 3.34. The maximum Gasteiger partial charge on any atom is 0.220 e. The van der Waals surface area contributed by atoms with Crippen LogP contribution in [-0.2, 0) is 4.74 Å². The van der Waals surface area contributed by atoms with Crippen molar-refractivity contribution in [1.82, 2.24) is 0 Å². The Labute approximate surface area is 111 Å². The fourth-order valence-corrected chi connectivity index (χ4v) is 2.18. The summed E-state index contributed by atoms with van der Waals surface area (Å²) in [7, 11) is 0. The van der Waals surface area contributed by atoms with Crippen LogP contribution in [-0.4, -0.2) is 27.7 Å². The van der Waals surface area contributed by atoms with Gasteiger partial charge in [-0.25, -0.2) is 0 Å². The smallest absolute Gasteiger partial charge is 0.220 e. The first-order valence-corrected chi connectivity index (χ1v) is 6.64. The average molecular weight is 269 g/mol. The van der Waals surface area contributed by atoms with Crippen molar-refractivity contribution >= 4 is 34.1 Å². The number of nitrogens with zero attached hydrogens (tertiary/aromatic N) is 1. The first kappa shape index (κ1) is 14.0. The minimum absolute atomic E-state index is 0.473. The normalized spacial score (nSPS) is 11.3. The molecule has 0 spiro atoms. The molecule has 0 heterocycles. The van der Waals surface area contributed by atoms with Gasteiger partial charge in [0, 0.05) is 11.3 Å². The van der Waals surface area contributed by atoms with Gasteiger partial charge in [-0.15, -0.1) is 0 Å². The van der Waals surface area contributed by atoms with E-state index >= 15 is 0 Å². The summed E-state index contributed by atoms with van der Waals surface area (Å²) >= 11 is 6.35. The van der Waals surface area contributed by atoms with Crippen LogP contribution < -0.4 is 0 Å². The van der Waals surface area contributed by atoms with Crippen LogP contribution in [0.1, 0.15) is 18.1 Å². The van der Waals surface area contributed by atoms with Gasteiger partial charge < -0.3 is 9.94 Å². The molecule has 92 valence electrons. The fraction of sp³-hybridized carbons (Fsp3) is 0.333. The minimum Gasteiger partial charge on any atom is -0.479 e. The van der Waals surface area contributed by atoms with Crippen molar-refractivity contribution in [3.63, 3.8) is 0 Å². The van der Waals surface area contributed by atoms with Crippen molar-refractivity contribution in [2.75, 3.05) is 12.4 Å². The van der Waals surface area contributed by atoms with Gasteiger partial charge in [-0.3, -0.25) is 0 Å². The monoisotopic (exact) mass is 269 g/mol. The number of thioether (sulfide) groups is 1. The summed E-state index contributed by atoms with van der Waals surface area (Å²) in [6.45, 7) is 4.45. The number of thiocarbonyl (C=S) groups is 1. The highest BCUT2D eigenvalue weighted by molar-refractivity contribution is 8.23. The van der Waals surface area contributed by atoms with E-state index in [-0.39, 0.29) is 0 Å². The van der Waals surface area contributed by atoms with E-state index in [9.17, 15) is 0 Å². The van der Waals surface area contributed by atoms with Crippen LogP contribution in [0.2, 0.25) is 0 Å². The van der Waals surface area contributed by atoms with E-state index in [2.05, 4.69) is 5.16 Å². The number of aryl methyl sites for hydroxylation is 1. The molecule has 1 rings (SSSR count). The maximum absolute atomic E-state index is 8.98. The summed E-state index contributed by atoms with van der Waals surface area (Å²) in [4.78, 5) is 0. The lowest BCUT2D eigenvalue weighted by atomic mass is 10.1. The number of benzene rings is 1. The molecule has 0 aliphatic carbocycles. The van der Waals surface area contributed by atoms with Gasteiger partial charge in [-0.05, 0) is 26.1 Å². The van der Waals surface area contributed by atoms with Gasteiger partial charge in [0.15, 0.2) is 0 Å². The van der Waals surface area contributed by atoms with E-state index < -0.39 is 0 Å². The predicted molar refractivity (Wildman–Crippen MR) is 76.2 cm³/mol. The number of rotatable bonds is 4. The van der Waals surface area contributed by atoms with Gasteiger partial charge in [0.05, 0.1) is 12.3 Å². The lowest BCUT2D eigenvalue weighted by Gasteiger charge is -2.06. The Morgan fingerprint density at radius 2 is 2.06 bits per heavy atom. The topological polar surface area (TPSA) is 41.8 Å². The van der Waals surface area contributed by atoms with Crippen molar-refractivity contribution in [1.29, 1.82) is 0 Å². The molecule has 0 aliphatic heterocycles. The van der Waals surface area contributed by atoms with E-state index in [1.54, 1.807) is 0 Å². The molecule has 0 saturated heterocycles. The average Bonchev–Trinajstić information content (AvgIpc) is 2.32. The molecule has 3 nitrogen and oxygen atoms in total. The molecule has 0 amide bonds. The van der Waals surface area contributed by atoms with E-state index in [0.717, 1.165) is 5.56 Å². The Hall–Kier alpha value is -1.07. The molecule has 0 atom stereocenters. The fourth-order valence-electron chi connectivity index (χ4n) is 1.20. The van der Waals surface area contributed by atoms with Crippen molar-refractivity contribution in [3.8, 4) is 0 Å². The third kappa shape index (κ3) is 4.75. The lowest BCUT2D eigenvalue weighted by molar-refractivity contribution is 0.319. The largest absolute Gasteiger partial charge is 0.479 e. The van der Waals surface area contributed by atoms with Gasteiger partial charge in [0.1, 0.15) is 0 Å². The van der Waals surface area contributed by atoms with Crippen molar-refractivity contribution in [2.45, 2.75) is 13.8 Å². The summed E-state index contributed by atoms with van der Waals surface area (Å²) in [5.74, 6) is 0.498. The van der Waals surface area contributed by atoms with Crippen LogP contribution in [0.3, 0.4) is 0 Å². The molecule has 0 aromatic heterocycles. The van der Waals surface area contributed by atoms with Crippen molar-refractivity contribution < 1.29 is 9.94 Å². The zero-order chi connectivity index (χ0) is 12.7. The molecule has 0 fully saturated rings. The van der Waals surface area contributed by atoms with Crippen LogP contribution in [0.25, 0.3) is 0 Å². The summed E-state index contributed by atoms with van der Waals surface area (Å²) in [5.41, 5.74) is 2.66. The van der Waals surface area contributed by atoms with Crippen LogP contribution >= 0.6 is 24.0 Å². The maximum atomic E-state index is 8.98. The highest BCUT2D eigenvalue weighted by Crippen LogP contribution is 2.12. The zero-order valence-electron chi connectivity index (χ0n) is 9.84. The number of hydrogen-bond donors (Lipinski definition) is 1. The van der Waals surface area contributed by atoms with Crippen LogP contribution in [0.15, 0.2) is 29.4 Å². The molecule has 0 radical (unpaired) electrons. The van der Waals surface area contributed by atoms with Gasteiger partial charge >= 0.3 is 0 Å². The minimum atomic E-state index is 0.473. The Morgan fingerprint density at radius 1 is 1.41 bits per heavy atom. The second-order valence-corrected chi connectivity index (χ2v) is 4.96. The summed E-state index contributed by atoms with van der Waals surface area (Å²) < 4.78 is 5.62. The van der Waals surface area contributed by atoms with E-state index in [0.29, 0.717) is 22.5 Å². The van der Waals surface area contributed by atoms with Crippen LogP contribution in [0.4, 0.5) is 0 Å². The van der Waals surface area contributed by atoms with Gasteiger partial charge in [-0.1, -0.05) is 46.7 Å². The van der Waals surface area contributed by atoms with Crippen LogP contribution in [0, 0.1) is 6.92 Å². The number of oxime groups is 1. The highest BCUT2D eigenvalue weighted by atomic mass is 32.2. The molecule has 1 aromatic carbocycles. The summed E-state index contributed by atoms with van der Waals surface area (Å²) in [5, 5.41) is 12.3. The summed E-state index contributed by atoms with van der Waals surface area (Å²) in [6.07, 6.45) is 0. The Bertz CT molecular complexity index is 401. The standard InChI is InChI=1S/C12H15NO2S2/c1-3-15-12(16)17-8-11(13-14)10-6-4-9(2)5-7-10/h4-7,14H,3,8H2,1-2H3/b13-11-. The molecule has 0 bridgehead atoms. The molecule has 1 N–H and O–H groups in total. The second-order valence-electron chi connectivity index (χ2n) is 3.38. The van der Waals surface area contributed by atoms with Gasteiger partial charge in [0.25, 0.3) is 0 Å². The van der Waals surface area contributed by atoms with Crippen LogP contribution in [0.5, 0.6) is 0 Å². The Kier molecular flexibility index (Phi) is 6.00. The molecule has 1 aromatic rings. The Morgan fingerprint density at radius 3 is 2.59 bits per heavy atom.